The predicted octanol–water partition coefficient (Wildman–Crippen LogP) is 5.16. The van der Waals surface area contributed by atoms with Gasteiger partial charge in [0, 0.05) is 35.0 Å². The van der Waals surface area contributed by atoms with Crippen molar-refractivity contribution in [1.82, 2.24) is 15.5 Å². The molecule has 0 radical (unpaired) electrons. The summed E-state index contributed by atoms with van der Waals surface area (Å²) < 4.78 is 5.95. The minimum Gasteiger partial charge on any atom is -0.488 e. The van der Waals surface area contributed by atoms with Crippen LogP contribution in [0.1, 0.15) is 52.2 Å². The maximum absolute atomic E-state index is 13.1. The molecule has 0 unspecified atom stereocenters. The molecule has 2 saturated heterocycles. The number of likely N-dealkylation sites (tertiary alicyclic amines) is 1. The minimum absolute atomic E-state index is 0.0726. The van der Waals surface area contributed by atoms with E-state index in [1.165, 1.54) is 41.2 Å². The zero-order valence-corrected chi connectivity index (χ0v) is 20.8. The number of carbonyl (C=O) groups is 1. The Morgan fingerprint density at radius 1 is 1.15 bits per heavy atom. The van der Waals surface area contributed by atoms with Crippen LogP contribution in [0.2, 0.25) is 0 Å². The second kappa shape index (κ2) is 10.3. The molecule has 0 aliphatic carbocycles. The van der Waals surface area contributed by atoms with E-state index in [4.69, 9.17) is 4.74 Å². The van der Waals surface area contributed by atoms with E-state index in [9.17, 15) is 4.79 Å². The first-order chi connectivity index (χ1) is 16.5. The molecule has 34 heavy (non-hydrogen) atoms. The Morgan fingerprint density at radius 2 is 1.97 bits per heavy atom. The van der Waals surface area contributed by atoms with Gasteiger partial charge in [-0.25, -0.2) is 0 Å². The lowest BCUT2D eigenvalue weighted by Gasteiger charge is -2.28. The highest BCUT2D eigenvalue weighted by Crippen LogP contribution is 2.31. The van der Waals surface area contributed by atoms with E-state index < -0.39 is 0 Å². The maximum Gasteiger partial charge on any atom is 0.252 e. The van der Waals surface area contributed by atoms with Crippen molar-refractivity contribution in [2.24, 2.45) is 0 Å². The zero-order valence-electron chi connectivity index (χ0n) is 20.0. The van der Waals surface area contributed by atoms with E-state index >= 15 is 0 Å². The van der Waals surface area contributed by atoms with Gasteiger partial charge in [-0.2, -0.15) is 0 Å². The number of aryl methyl sites for hydroxylation is 1. The van der Waals surface area contributed by atoms with Gasteiger partial charge in [-0.1, -0.05) is 24.3 Å². The van der Waals surface area contributed by atoms with Crippen LogP contribution in [-0.4, -0.2) is 43.1 Å². The Kier molecular flexibility index (Phi) is 6.99. The van der Waals surface area contributed by atoms with Crippen LogP contribution in [0.3, 0.4) is 0 Å². The second-order valence-corrected chi connectivity index (χ2v) is 10.6. The molecular weight excluding hydrogens is 442 g/mol. The first-order valence-electron chi connectivity index (χ1n) is 12.3. The molecular formula is C28H33N3O2S. The van der Waals surface area contributed by atoms with E-state index in [1.54, 1.807) is 0 Å². The summed E-state index contributed by atoms with van der Waals surface area (Å²) in [6.45, 7) is 9.19. The Morgan fingerprint density at radius 3 is 2.74 bits per heavy atom. The van der Waals surface area contributed by atoms with Crippen molar-refractivity contribution >= 4 is 17.2 Å². The number of nitrogens with zero attached hydrogens (tertiary/aromatic N) is 1. The summed E-state index contributed by atoms with van der Waals surface area (Å²) in [6.07, 6.45) is 2.82. The molecule has 6 heteroatoms. The fourth-order valence-corrected chi connectivity index (χ4v) is 5.60. The summed E-state index contributed by atoms with van der Waals surface area (Å²) >= 11 is 1.87. The Hall–Kier alpha value is -2.67. The Balaban J connectivity index is 1.26. The number of benzene rings is 2. The number of thiophene rings is 1. The van der Waals surface area contributed by atoms with Crippen LogP contribution in [0.5, 0.6) is 5.75 Å². The fraction of sp³-hybridized carbons (Fsp3) is 0.393. The number of rotatable bonds is 8. The first kappa shape index (κ1) is 23.1. The molecule has 2 aromatic carbocycles. The number of nitrogens with one attached hydrogen (secondary N) is 2. The number of hydrogen-bond acceptors (Lipinski definition) is 5. The lowest BCUT2D eigenvalue weighted by molar-refractivity contribution is 0.0937. The number of carbonyl (C=O) groups excluding carboxylic acids is 1. The van der Waals surface area contributed by atoms with Gasteiger partial charge in [-0.05, 0) is 86.8 Å². The molecule has 0 spiro atoms. The summed E-state index contributed by atoms with van der Waals surface area (Å²) in [7, 11) is 0. The summed E-state index contributed by atoms with van der Waals surface area (Å²) in [5.41, 5.74) is 3.92. The van der Waals surface area contributed by atoms with Gasteiger partial charge in [0.05, 0.1) is 6.04 Å². The minimum atomic E-state index is -0.101. The highest BCUT2D eigenvalue weighted by atomic mass is 32.1. The van der Waals surface area contributed by atoms with E-state index in [0.29, 0.717) is 5.56 Å². The average Bonchev–Trinajstić information content (AvgIpc) is 3.50. The molecule has 2 fully saturated rings. The highest BCUT2D eigenvalue weighted by molar-refractivity contribution is 7.15. The number of ether oxygens (including phenoxy) is 1. The van der Waals surface area contributed by atoms with Crippen LogP contribution in [0.4, 0.5) is 0 Å². The van der Waals surface area contributed by atoms with Gasteiger partial charge in [0.15, 0.2) is 0 Å². The first-order valence-corrected chi connectivity index (χ1v) is 13.1. The summed E-state index contributed by atoms with van der Waals surface area (Å²) in [5, 5.41) is 6.39. The van der Waals surface area contributed by atoms with Crippen LogP contribution in [0.25, 0.3) is 10.4 Å². The van der Waals surface area contributed by atoms with Crippen LogP contribution in [0, 0.1) is 6.92 Å². The summed E-state index contributed by atoms with van der Waals surface area (Å²) in [5.74, 6) is 0.677. The molecule has 1 amide bonds. The molecule has 2 aliphatic rings. The van der Waals surface area contributed by atoms with E-state index in [-0.39, 0.29) is 18.1 Å². The monoisotopic (exact) mass is 475 g/mol. The van der Waals surface area contributed by atoms with Crippen molar-refractivity contribution in [1.29, 1.82) is 0 Å². The van der Waals surface area contributed by atoms with Crippen molar-refractivity contribution < 1.29 is 9.53 Å². The predicted molar refractivity (Wildman–Crippen MR) is 139 cm³/mol. The van der Waals surface area contributed by atoms with E-state index in [2.05, 4.69) is 51.9 Å². The highest BCUT2D eigenvalue weighted by Gasteiger charge is 2.20. The second-order valence-electron chi connectivity index (χ2n) is 9.44. The smallest absolute Gasteiger partial charge is 0.252 e. The lowest BCUT2D eigenvalue weighted by Crippen LogP contribution is -2.50. The van der Waals surface area contributed by atoms with Gasteiger partial charge in [0.2, 0.25) is 0 Å². The van der Waals surface area contributed by atoms with Gasteiger partial charge in [-0.3, -0.25) is 9.69 Å². The quantitative estimate of drug-likeness (QED) is 0.473. The molecule has 0 bridgehead atoms. The van der Waals surface area contributed by atoms with Crippen molar-refractivity contribution in [3.63, 3.8) is 0 Å². The van der Waals surface area contributed by atoms with Gasteiger partial charge in [0.1, 0.15) is 11.9 Å². The largest absolute Gasteiger partial charge is 0.488 e. The third kappa shape index (κ3) is 5.35. The lowest BCUT2D eigenvalue weighted by atomic mass is 10.0. The maximum atomic E-state index is 13.1. The SMILES string of the molecule is Cc1ccc(OC2CNC2)cc1C(=O)N[C@H](C)c1cccc(-c2ccc(CN3CCCC3)s2)c1. The summed E-state index contributed by atoms with van der Waals surface area (Å²) in [6, 6.07) is 18.7. The average molecular weight is 476 g/mol. The Labute approximate surface area is 206 Å². The molecule has 2 aliphatic heterocycles. The van der Waals surface area contributed by atoms with Crippen LogP contribution in [-0.2, 0) is 6.54 Å². The Bertz CT molecular complexity index is 1150. The molecule has 5 nitrogen and oxygen atoms in total. The topological polar surface area (TPSA) is 53.6 Å². The summed E-state index contributed by atoms with van der Waals surface area (Å²) in [4.78, 5) is 18.3. The third-order valence-electron chi connectivity index (χ3n) is 6.76. The third-order valence-corrected chi connectivity index (χ3v) is 7.88. The van der Waals surface area contributed by atoms with Gasteiger partial charge < -0.3 is 15.4 Å². The van der Waals surface area contributed by atoms with Crippen molar-refractivity contribution in [3.05, 3.63) is 76.2 Å². The van der Waals surface area contributed by atoms with Gasteiger partial charge >= 0.3 is 0 Å². The molecule has 2 N–H and O–H groups in total. The van der Waals surface area contributed by atoms with E-state index in [1.807, 2.05) is 43.4 Å². The van der Waals surface area contributed by atoms with Crippen molar-refractivity contribution in [2.75, 3.05) is 26.2 Å². The van der Waals surface area contributed by atoms with Gasteiger partial charge in [0.25, 0.3) is 5.91 Å². The standard InChI is InChI=1S/C28H33N3O2S/c1-19-8-9-23(33-24-16-29-17-24)15-26(19)28(32)30-20(2)21-6-5-7-22(14-21)27-11-10-25(34-27)18-31-12-3-4-13-31/h5-11,14-15,20,24,29H,3-4,12-13,16-18H2,1-2H3,(H,30,32)/t20-/m1/s1. The molecule has 1 atom stereocenters. The normalized spacial score (nSPS) is 17.4. The molecule has 0 saturated carbocycles. The molecule has 178 valence electrons. The zero-order chi connectivity index (χ0) is 23.5. The van der Waals surface area contributed by atoms with Crippen molar-refractivity contribution in [3.8, 4) is 16.2 Å². The van der Waals surface area contributed by atoms with Crippen LogP contribution >= 0.6 is 11.3 Å². The molecule has 3 aromatic rings. The van der Waals surface area contributed by atoms with Gasteiger partial charge in [-0.15, -0.1) is 11.3 Å². The molecule has 5 rings (SSSR count). The number of amides is 1. The fourth-order valence-electron chi connectivity index (χ4n) is 4.56. The molecule has 3 heterocycles. The van der Waals surface area contributed by atoms with Crippen LogP contribution < -0.4 is 15.4 Å². The van der Waals surface area contributed by atoms with E-state index in [0.717, 1.165) is 36.5 Å². The molecule has 1 aromatic heterocycles. The van der Waals surface area contributed by atoms with Crippen LogP contribution in [0.15, 0.2) is 54.6 Å². The van der Waals surface area contributed by atoms with Crippen molar-refractivity contribution in [2.45, 2.75) is 45.4 Å². The number of hydrogen-bond donors (Lipinski definition) is 2.